The Morgan fingerprint density at radius 1 is 1.33 bits per heavy atom. The second-order valence-electron chi connectivity index (χ2n) is 6.40. The number of rotatable bonds is 3. The number of nitrogens with zero attached hydrogens (tertiary/aromatic N) is 4. The number of morpholine rings is 1. The summed E-state index contributed by atoms with van der Waals surface area (Å²) in [5, 5.41) is 7.73. The van der Waals surface area contributed by atoms with Gasteiger partial charge in [-0.25, -0.2) is 0 Å². The van der Waals surface area contributed by atoms with Gasteiger partial charge < -0.3 is 9.64 Å². The molecule has 128 valence electrons. The largest absolute Gasteiger partial charge is 0.372 e. The Morgan fingerprint density at radius 3 is 2.92 bits per heavy atom. The zero-order valence-corrected chi connectivity index (χ0v) is 15.0. The van der Waals surface area contributed by atoms with Crippen molar-refractivity contribution in [3.63, 3.8) is 0 Å². The van der Waals surface area contributed by atoms with Gasteiger partial charge in [0.25, 0.3) is 5.91 Å². The lowest BCUT2D eigenvalue weighted by Crippen LogP contribution is -2.57. The molecular weight excluding hydrogens is 344 g/mol. The molecule has 0 N–H and O–H groups in total. The first-order valence-electron chi connectivity index (χ1n) is 8.19. The highest BCUT2D eigenvalue weighted by molar-refractivity contribution is 7.09. The van der Waals surface area contributed by atoms with Gasteiger partial charge in [-0.15, -0.1) is 16.4 Å². The molecule has 1 spiro atoms. The second kappa shape index (κ2) is 6.87. The van der Waals surface area contributed by atoms with E-state index in [4.69, 9.17) is 4.74 Å². The molecule has 2 aliphatic rings. The lowest BCUT2D eigenvalue weighted by atomic mass is 9.89. The van der Waals surface area contributed by atoms with E-state index in [0.29, 0.717) is 5.69 Å². The van der Waals surface area contributed by atoms with E-state index in [0.717, 1.165) is 52.2 Å². The van der Waals surface area contributed by atoms with E-state index in [1.807, 2.05) is 16.2 Å². The van der Waals surface area contributed by atoms with Crippen LogP contribution in [0.25, 0.3) is 0 Å². The van der Waals surface area contributed by atoms with E-state index in [9.17, 15) is 4.79 Å². The van der Waals surface area contributed by atoms with Gasteiger partial charge in [0.15, 0.2) is 5.69 Å². The smallest absolute Gasteiger partial charge is 0.275 e. The second-order valence-corrected chi connectivity index (χ2v) is 8.05. The fourth-order valence-electron chi connectivity index (χ4n) is 3.52. The number of carbonyl (C=O) groups excluding carboxylic acids is 1. The van der Waals surface area contributed by atoms with Gasteiger partial charge in [0.1, 0.15) is 0 Å². The minimum atomic E-state index is -0.105. The Balaban J connectivity index is 1.36. The van der Waals surface area contributed by atoms with Crippen molar-refractivity contribution in [1.82, 2.24) is 19.4 Å². The van der Waals surface area contributed by atoms with Crippen LogP contribution in [0.5, 0.6) is 0 Å². The average molecular weight is 364 g/mol. The molecule has 4 heterocycles. The van der Waals surface area contributed by atoms with Crippen LogP contribution >= 0.6 is 22.9 Å². The van der Waals surface area contributed by atoms with E-state index in [1.165, 1.54) is 16.4 Å². The van der Waals surface area contributed by atoms with Crippen molar-refractivity contribution < 1.29 is 9.53 Å². The molecule has 2 fully saturated rings. The number of hydrogen-bond donors (Lipinski definition) is 0. The van der Waals surface area contributed by atoms with Crippen LogP contribution in [0.2, 0.25) is 0 Å². The lowest BCUT2D eigenvalue weighted by Gasteiger charge is -2.47. The number of ether oxygens (including phenoxy) is 1. The third-order valence-corrected chi connectivity index (χ3v) is 6.19. The summed E-state index contributed by atoms with van der Waals surface area (Å²) in [7, 11) is 0. The van der Waals surface area contributed by atoms with Gasteiger partial charge in [0.2, 0.25) is 0 Å². The molecule has 0 atom stereocenters. The van der Waals surface area contributed by atoms with Crippen LogP contribution in [0.15, 0.2) is 22.9 Å². The number of piperidine rings is 1. The van der Waals surface area contributed by atoms with E-state index in [2.05, 4.69) is 32.0 Å². The van der Waals surface area contributed by atoms with Crippen LogP contribution < -0.4 is 0 Å². The normalized spacial score (nSPS) is 21.2. The molecule has 6 nitrogen and oxygen atoms in total. The number of carbonyl (C=O) groups is 1. The maximum atomic E-state index is 12.4. The van der Waals surface area contributed by atoms with Crippen molar-refractivity contribution in [3.05, 3.63) is 33.5 Å². The predicted molar refractivity (Wildman–Crippen MR) is 93.3 cm³/mol. The lowest BCUT2D eigenvalue weighted by molar-refractivity contribution is -0.134. The molecule has 24 heavy (non-hydrogen) atoms. The molecule has 1 amide bonds. The summed E-state index contributed by atoms with van der Waals surface area (Å²) in [5.41, 5.74) is 0.354. The van der Waals surface area contributed by atoms with Crippen molar-refractivity contribution >= 4 is 28.8 Å². The molecule has 2 aromatic rings. The molecule has 0 aliphatic carbocycles. The number of aromatic nitrogens is 2. The molecule has 0 bridgehead atoms. The minimum absolute atomic E-state index is 0.00940. The maximum absolute atomic E-state index is 12.4. The molecular formula is C16H20N4O2S2. The summed E-state index contributed by atoms with van der Waals surface area (Å²) >= 11 is 3.02. The summed E-state index contributed by atoms with van der Waals surface area (Å²) in [6, 6.07) is 4.30. The first kappa shape index (κ1) is 16.1. The number of likely N-dealkylation sites (tertiary alicyclic amines) is 1. The van der Waals surface area contributed by atoms with Crippen molar-refractivity contribution in [2.75, 3.05) is 32.8 Å². The van der Waals surface area contributed by atoms with Crippen LogP contribution in [-0.2, 0) is 11.3 Å². The van der Waals surface area contributed by atoms with Crippen molar-refractivity contribution in [1.29, 1.82) is 0 Å². The summed E-state index contributed by atoms with van der Waals surface area (Å²) in [5.74, 6) is -0.00940. The van der Waals surface area contributed by atoms with Crippen molar-refractivity contribution in [2.45, 2.75) is 25.0 Å². The zero-order chi connectivity index (χ0) is 16.4. The molecule has 0 unspecified atom stereocenters. The fraction of sp³-hybridized carbons (Fsp3) is 0.562. The van der Waals surface area contributed by atoms with Crippen LogP contribution in [0, 0.1) is 0 Å². The van der Waals surface area contributed by atoms with Crippen LogP contribution in [0.1, 0.15) is 28.2 Å². The van der Waals surface area contributed by atoms with Crippen LogP contribution in [-0.4, -0.2) is 63.7 Å². The third-order valence-electron chi connectivity index (χ3n) is 4.83. The van der Waals surface area contributed by atoms with Gasteiger partial charge >= 0.3 is 0 Å². The van der Waals surface area contributed by atoms with Crippen molar-refractivity contribution in [3.8, 4) is 0 Å². The monoisotopic (exact) mass is 364 g/mol. The predicted octanol–water partition coefficient (Wildman–Crippen LogP) is 2.11. The van der Waals surface area contributed by atoms with Crippen LogP contribution in [0.4, 0.5) is 0 Å². The molecule has 2 aliphatic heterocycles. The first-order valence-corrected chi connectivity index (χ1v) is 9.91. The average Bonchev–Trinajstić information content (AvgIpc) is 3.29. The van der Waals surface area contributed by atoms with Gasteiger partial charge in [-0.05, 0) is 35.8 Å². The highest BCUT2D eigenvalue weighted by atomic mass is 32.1. The number of amides is 1. The Hall–Kier alpha value is -1.35. The quantitative estimate of drug-likeness (QED) is 0.835. The fourth-order valence-corrected chi connectivity index (χ4v) is 4.70. The third kappa shape index (κ3) is 3.37. The Kier molecular flexibility index (Phi) is 4.62. The van der Waals surface area contributed by atoms with Gasteiger partial charge in [0.05, 0.1) is 12.2 Å². The Bertz CT molecular complexity index is 666. The summed E-state index contributed by atoms with van der Waals surface area (Å²) in [6.45, 7) is 5.15. The highest BCUT2D eigenvalue weighted by Gasteiger charge is 2.40. The summed E-state index contributed by atoms with van der Waals surface area (Å²) in [6.07, 6.45) is 1.77. The Labute approximate surface area is 149 Å². The number of thiophene rings is 1. The van der Waals surface area contributed by atoms with Gasteiger partial charge in [0, 0.05) is 43.0 Å². The highest BCUT2D eigenvalue weighted by Crippen LogP contribution is 2.31. The molecule has 0 saturated carbocycles. The molecule has 0 aromatic carbocycles. The van der Waals surface area contributed by atoms with Gasteiger partial charge in [-0.2, -0.15) is 0 Å². The topological polar surface area (TPSA) is 58.6 Å². The van der Waals surface area contributed by atoms with Crippen molar-refractivity contribution in [2.24, 2.45) is 0 Å². The maximum Gasteiger partial charge on any atom is 0.275 e. The summed E-state index contributed by atoms with van der Waals surface area (Å²) in [4.78, 5) is 18.1. The van der Waals surface area contributed by atoms with Crippen LogP contribution in [0.3, 0.4) is 0 Å². The summed E-state index contributed by atoms with van der Waals surface area (Å²) < 4.78 is 9.95. The van der Waals surface area contributed by atoms with Gasteiger partial charge in [-0.3, -0.25) is 9.69 Å². The standard InChI is InChI=1S/C16H20N4O2S2/c21-15(14-11-24-18-17-14)20-5-3-16(4-6-20)12-19(7-8-22-16)10-13-2-1-9-23-13/h1-2,9,11H,3-8,10,12H2. The van der Waals surface area contributed by atoms with E-state index < -0.39 is 0 Å². The van der Waals surface area contributed by atoms with Gasteiger partial charge in [-0.1, -0.05) is 10.6 Å². The number of hydrogen-bond acceptors (Lipinski definition) is 7. The molecule has 4 rings (SSSR count). The van der Waals surface area contributed by atoms with E-state index >= 15 is 0 Å². The van der Waals surface area contributed by atoms with E-state index in [1.54, 1.807) is 5.38 Å². The minimum Gasteiger partial charge on any atom is -0.372 e. The Morgan fingerprint density at radius 2 is 2.21 bits per heavy atom. The molecule has 2 saturated heterocycles. The molecule has 2 aromatic heterocycles. The molecule has 0 radical (unpaired) electrons. The zero-order valence-electron chi connectivity index (χ0n) is 13.4. The van der Waals surface area contributed by atoms with E-state index in [-0.39, 0.29) is 11.5 Å². The molecule has 8 heteroatoms. The SMILES string of the molecule is O=C(c1csnn1)N1CCC2(CC1)CN(Cc1cccs1)CCO2. The first-order chi connectivity index (χ1) is 11.7.